The lowest BCUT2D eigenvalue weighted by Crippen LogP contribution is -2.21. The smallest absolute Gasteiger partial charge is 0.409 e. The van der Waals surface area contributed by atoms with Crippen molar-refractivity contribution in [1.29, 1.82) is 0 Å². The minimum absolute atomic E-state index is 0.473. The van der Waals surface area contributed by atoms with Crippen molar-refractivity contribution < 1.29 is 9.53 Å². The number of benzene rings is 3. The molecule has 3 aromatic rings. The Kier molecular flexibility index (Phi) is 4.11. The van der Waals surface area contributed by atoms with E-state index in [0.29, 0.717) is 5.75 Å². The van der Waals surface area contributed by atoms with Gasteiger partial charge in [0.1, 0.15) is 5.75 Å². The van der Waals surface area contributed by atoms with Crippen LogP contribution in [0.4, 0.5) is 4.79 Å². The molecule has 3 aromatic carbocycles. The van der Waals surface area contributed by atoms with Crippen LogP contribution in [0.15, 0.2) is 77.9 Å². The maximum Gasteiger partial charge on any atom is 0.433 e. The normalized spacial score (nSPS) is 10.7. The fourth-order valence-corrected chi connectivity index (χ4v) is 2.14. The van der Waals surface area contributed by atoms with Crippen LogP contribution in [0.3, 0.4) is 0 Å². The standard InChI is InChI=1S/C18H14N2O2/c21-18(22-16-10-2-1-3-11-16)20-19-13-15-9-6-8-14-7-4-5-12-17(14)15/h1-13H,(H,20,21). The first-order chi connectivity index (χ1) is 10.8. The van der Waals surface area contributed by atoms with Crippen LogP contribution in [0.1, 0.15) is 5.56 Å². The van der Waals surface area contributed by atoms with Crippen molar-refractivity contribution >= 4 is 23.1 Å². The highest BCUT2D eigenvalue weighted by molar-refractivity contribution is 5.99. The molecular formula is C18H14N2O2. The molecule has 0 heterocycles. The zero-order valence-corrected chi connectivity index (χ0v) is 11.8. The molecule has 1 amide bonds. The molecule has 0 bridgehead atoms. The number of amides is 1. The summed E-state index contributed by atoms with van der Waals surface area (Å²) in [7, 11) is 0. The van der Waals surface area contributed by atoms with E-state index in [0.717, 1.165) is 16.3 Å². The van der Waals surface area contributed by atoms with Gasteiger partial charge in [-0.25, -0.2) is 10.2 Å². The van der Waals surface area contributed by atoms with E-state index in [-0.39, 0.29) is 0 Å². The number of hydrogen-bond donors (Lipinski definition) is 1. The lowest BCUT2D eigenvalue weighted by Gasteiger charge is -2.03. The van der Waals surface area contributed by atoms with E-state index in [1.54, 1.807) is 30.5 Å². The number of fused-ring (bicyclic) bond motifs is 1. The first-order valence-corrected chi connectivity index (χ1v) is 6.86. The summed E-state index contributed by atoms with van der Waals surface area (Å²) in [6, 6.07) is 22.8. The van der Waals surface area contributed by atoms with Gasteiger partial charge in [0.2, 0.25) is 0 Å². The highest BCUT2D eigenvalue weighted by Crippen LogP contribution is 2.16. The fraction of sp³-hybridized carbons (Fsp3) is 0. The molecule has 0 aliphatic heterocycles. The number of ether oxygens (including phenoxy) is 1. The molecule has 0 spiro atoms. The predicted molar refractivity (Wildman–Crippen MR) is 87.1 cm³/mol. The van der Waals surface area contributed by atoms with Gasteiger partial charge in [-0.15, -0.1) is 0 Å². The molecule has 22 heavy (non-hydrogen) atoms. The third kappa shape index (κ3) is 3.30. The van der Waals surface area contributed by atoms with Crippen LogP contribution in [0.25, 0.3) is 10.8 Å². The summed E-state index contributed by atoms with van der Waals surface area (Å²) in [5, 5.41) is 6.14. The minimum atomic E-state index is -0.623. The van der Waals surface area contributed by atoms with Gasteiger partial charge in [0.05, 0.1) is 6.21 Å². The number of carbonyl (C=O) groups excluding carboxylic acids is 1. The summed E-state index contributed by atoms with van der Waals surface area (Å²) < 4.78 is 5.08. The quantitative estimate of drug-likeness (QED) is 0.586. The number of rotatable bonds is 3. The van der Waals surface area contributed by atoms with Crippen molar-refractivity contribution in [1.82, 2.24) is 5.43 Å². The summed E-state index contributed by atoms with van der Waals surface area (Å²) in [4.78, 5) is 11.6. The zero-order valence-electron chi connectivity index (χ0n) is 11.8. The maximum atomic E-state index is 11.6. The number of carbonyl (C=O) groups is 1. The van der Waals surface area contributed by atoms with Gasteiger partial charge in [-0.1, -0.05) is 60.7 Å². The van der Waals surface area contributed by atoms with Crippen molar-refractivity contribution in [3.05, 3.63) is 78.4 Å². The highest BCUT2D eigenvalue weighted by atomic mass is 16.6. The third-order valence-corrected chi connectivity index (χ3v) is 3.14. The lowest BCUT2D eigenvalue weighted by atomic mass is 10.1. The van der Waals surface area contributed by atoms with Crippen LogP contribution in [-0.2, 0) is 0 Å². The molecule has 0 aliphatic carbocycles. The Morgan fingerprint density at radius 1 is 0.909 bits per heavy atom. The Balaban J connectivity index is 1.67. The van der Waals surface area contributed by atoms with E-state index in [9.17, 15) is 4.79 Å². The molecule has 0 unspecified atom stereocenters. The Morgan fingerprint density at radius 2 is 1.64 bits per heavy atom. The first-order valence-electron chi connectivity index (χ1n) is 6.86. The van der Waals surface area contributed by atoms with E-state index >= 15 is 0 Å². The van der Waals surface area contributed by atoms with E-state index in [2.05, 4.69) is 10.5 Å². The van der Waals surface area contributed by atoms with Crippen LogP contribution in [0, 0.1) is 0 Å². The van der Waals surface area contributed by atoms with Crippen molar-refractivity contribution in [3.63, 3.8) is 0 Å². The molecule has 0 saturated heterocycles. The zero-order chi connectivity index (χ0) is 15.2. The monoisotopic (exact) mass is 290 g/mol. The van der Waals surface area contributed by atoms with E-state index in [1.165, 1.54) is 0 Å². The van der Waals surface area contributed by atoms with Crippen LogP contribution in [0.5, 0.6) is 5.75 Å². The summed E-state index contributed by atoms with van der Waals surface area (Å²) in [5.41, 5.74) is 3.28. The SMILES string of the molecule is O=C(NN=Cc1cccc2ccccc12)Oc1ccccc1. The van der Waals surface area contributed by atoms with Gasteiger partial charge in [0.25, 0.3) is 0 Å². The Morgan fingerprint density at radius 3 is 2.50 bits per heavy atom. The molecule has 3 rings (SSSR count). The maximum absolute atomic E-state index is 11.6. The average Bonchev–Trinajstić information content (AvgIpc) is 2.56. The topological polar surface area (TPSA) is 50.7 Å². The van der Waals surface area contributed by atoms with E-state index in [1.807, 2.05) is 48.5 Å². The van der Waals surface area contributed by atoms with Crippen molar-refractivity contribution in [2.24, 2.45) is 5.10 Å². The van der Waals surface area contributed by atoms with Gasteiger partial charge in [0, 0.05) is 5.56 Å². The molecule has 0 saturated carbocycles. The molecule has 0 aromatic heterocycles. The number of hydrogen-bond acceptors (Lipinski definition) is 3. The van der Waals surface area contributed by atoms with Gasteiger partial charge in [-0.05, 0) is 22.9 Å². The number of hydrazone groups is 1. The number of nitrogens with zero attached hydrogens (tertiary/aromatic N) is 1. The molecule has 0 aliphatic rings. The second kappa shape index (κ2) is 6.54. The van der Waals surface area contributed by atoms with Crippen molar-refractivity contribution in [2.45, 2.75) is 0 Å². The molecule has 4 heteroatoms. The Hall–Kier alpha value is -3.14. The molecule has 1 N–H and O–H groups in total. The third-order valence-electron chi connectivity index (χ3n) is 3.14. The molecule has 0 atom stereocenters. The molecular weight excluding hydrogens is 276 g/mol. The van der Waals surface area contributed by atoms with Crippen LogP contribution in [-0.4, -0.2) is 12.3 Å². The highest BCUT2D eigenvalue weighted by Gasteiger charge is 2.02. The Bertz CT molecular complexity index is 808. The lowest BCUT2D eigenvalue weighted by molar-refractivity contribution is 0.201. The number of nitrogens with one attached hydrogen (secondary N) is 1. The summed E-state index contributed by atoms with van der Waals surface area (Å²) in [6.45, 7) is 0. The van der Waals surface area contributed by atoms with Gasteiger partial charge >= 0.3 is 6.09 Å². The average molecular weight is 290 g/mol. The molecule has 0 fully saturated rings. The second-order valence-corrected chi connectivity index (χ2v) is 4.64. The van der Waals surface area contributed by atoms with Crippen LogP contribution < -0.4 is 10.2 Å². The summed E-state index contributed by atoms with van der Waals surface area (Å²) in [6.07, 6.45) is 0.983. The van der Waals surface area contributed by atoms with E-state index in [4.69, 9.17) is 4.74 Å². The summed E-state index contributed by atoms with van der Waals surface area (Å²) >= 11 is 0. The fourth-order valence-electron chi connectivity index (χ4n) is 2.14. The van der Waals surface area contributed by atoms with Crippen LogP contribution in [0.2, 0.25) is 0 Å². The first kappa shape index (κ1) is 13.8. The molecule has 0 radical (unpaired) electrons. The van der Waals surface area contributed by atoms with Crippen molar-refractivity contribution in [2.75, 3.05) is 0 Å². The predicted octanol–water partition coefficient (Wildman–Crippen LogP) is 3.96. The molecule has 108 valence electrons. The second-order valence-electron chi connectivity index (χ2n) is 4.64. The van der Waals surface area contributed by atoms with Gasteiger partial charge in [-0.2, -0.15) is 5.10 Å². The van der Waals surface area contributed by atoms with E-state index < -0.39 is 6.09 Å². The minimum Gasteiger partial charge on any atom is -0.409 e. The van der Waals surface area contributed by atoms with Crippen LogP contribution >= 0.6 is 0 Å². The van der Waals surface area contributed by atoms with Gasteiger partial charge < -0.3 is 4.74 Å². The Labute approximate surface area is 128 Å². The largest absolute Gasteiger partial charge is 0.433 e. The van der Waals surface area contributed by atoms with Crippen molar-refractivity contribution in [3.8, 4) is 5.75 Å². The number of para-hydroxylation sites is 1. The summed E-state index contributed by atoms with van der Waals surface area (Å²) in [5.74, 6) is 0.473. The molecule has 4 nitrogen and oxygen atoms in total. The van der Waals surface area contributed by atoms with Gasteiger partial charge in [-0.3, -0.25) is 0 Å². The van der Waals surface area contributed by atoms with Gasteiger partial charge in [0.15, 0.2) is 0 Å².